The van der Waals surface area contributed by atoms with Crippen LogP contribution >= 0.6 is 0 Å². The van der Waals surface area contributed by atoms with Crippen LogP contribution in [0.25, 0.3) is 11.0 Å². The summed E-state index contributed by atoms with van der Waals surface area (Å²) in [6.45, 7) is 4.00. The molecular formula is C18H20N6O2. The van der Waals surface area contributed by atoms with Crippen LogP contribution in [0.2, 0.25) is 0 Å². The van der Waals surface area contributed by atoms with E-state index in [1.807, 2.05) is 56.3 Å². The van der Waals surface area contributed by atoms with Crippen molar-refractivity contribution in [1.29, 1.82) is 0 Å². The molecule has 2 amide bonds. The van der Waals surface area contributed by atoms with Crippen molar-refractivity contribution in [3.8, 4) is 0 Å². The first-order chi connectivity index (χ1) is 12.5. The zero-order chi connectivity index (χ0) is 18.5. The monoisotopic (exact) mass is 352 g/mol. The Morgan fingerprint density at radius 3 is 2.62 bits per heavy atom. The van der Waals surface area contributed by atoms with E-state index in [1.165, 1.54) is 4.68 Å². The van der Waals surface area contributed by atoms with Gasteiger partial charge < -0.3 is 5.32 Å². The topological polar surface area (TPSA) is 101 Å². The number of carbonyl (C=O) groups is 2. The Hall–Kier alpha value is -3.42. The molecule has 8 heteroatoms. The van der Waals surface area contributed by atoms with Crippen molar-refractivity contribution >= 4 is 28.5 Å². The molecule has 3 N–H and O–H groups in total. The molecule has 0 saturated heterocycles. The predicted molar refractivity (Wildman–Crippen MR) is 98.2 cm³/mol. The van der Waals surface area contributed by atoms with E-state index >= 15 is 0 Å². The van der Waals surface area contributed by atoms with Crippen LogP contribution in [0.4, 0.5) is 5.69 Å². The van der Waals surface area contributed by atoms with Gasteiger partial charge in [0.25, 0.3) is 11.8 Å². The smallest absolute Gasteiger partial charge is 0.260 e. The average Bonchev–Trinajstić information content (AvgIpc) is 3.02. The minimum atomic E-state index is -0.388. The van der Waals surface area contributed by atoms with Crippen LogP contribution in [-0.2, 0) is 16.1 Å². The van der Waals surface area contributed by atoms with Crippen LogP contribution in [0, 0.1) is 13.8 Å². The number of benzene rings is 2. The molecule has 1 heterocycles. The van der Waals surface area contributed by atoms with Gasteiger partial charge in [-0.25, -0.2) is 4.68 Å². The number of hydrazine groups is 1. The molecule has 0 atom stereocenters. The molecule has 2 aromatic carbocycles. The van der Waals surface area contributed by atoms with Gasteiger partial charge in [0.2, 0.25) is 0 Å². The zero-order valence-corrected chi connectivity index (χ0v) is 14.6. The Kier molecular flexibility index (Phi) is 5.12. The number of amides is 2. The molecule has 0 unspecified atom stereocenters. The summed E-state index contributed by atoms with van der Waals surface area (Å²) < 4.78 is 1.48. The van der Waals surface area contributed by atoms with Crippen LogP contribution in [0.3, 0.4) is 0 Å². The van der Waals surface area contributed by atoms with Gasteiger partial charge in [-0.3, -0.25) is 20.4 Å². The van der Waals surface area contributed by atoms with Crippen molar-refractivity contribution in [2.24, 2.45) is 0 Å². The summed E-state index contributed by atoms with van der Waals surface area (Å²) in [7, 11) is 0. The number of aryl methyl sites for hydroxylation is 2. The highest BCUT2D eigenvalue weighted by atomic mass is 16.2. The number of para-hydroxylation sites is 1. The quantitative estimate of drug-likeness (QED) is 0.601. The normalized spacial score (nSPS) is 10.5. The summed E-state index contributed by atoms with van der Waals surface area (Å²) in [5, 5.41) is 11.0. The summed E-state index contributed by atoms with van der Waals surface area (Å²) in [4.78, 5) is 23.9. The van der Waals surface area contributed by atoms with E-state index in [0.717, 1.165) is 22.3 Å². The number of rotatable bonds is 5. The van der Waals surface area contributed by atoms with E-state index in [-0.39, 0.29) is 24.9 Å². The Morgan fingerprint density at radius 2 is 1.81 bits per heavy atom. The van der Waals surface area contributed by atoms with Gasteiger partial charge in [0.05, 0.1) is 12.1 Å². The summed E-state index contributed by atoms with van der Waals surface area (Å²) in [5.41, 5.74) is 9.32. The number of nitrogens with zero attached hydrogens (tertiary/aromatic N) is 3. The van der Waals surface area contributed by atoms with E-state index < -0.39 is 0 Å². The Bertz CT molecular complexity index is 950. The molecule has 26 heavy (non-hydrogen) atoms. The Balaban J connectivity index is 1.47. The predicted octanol–water partition coefficient (Wildman–Crippen LogP) is 1.31. The first-order valence-electron chi connectivity index (χ1n) is 8.20. The fourth-order valence-corrected chi connectivity index (χ4v) is 2.58. The van der Waals surface area contributed by atoms with E-state index in [0.29, 0.717) is 5.52 Å². The molecule has 0 bridgehead atoms. The highest BCUT2D eigenvalue weighted by Gasteiger charge is 2.09. The lowest BCUT2D eigenvalue weighted by Gasteiger charge is -2.11. The lowest BCUT2D eigenvalue weighted by molar-refractivity contribution is -0.128. The highest BCUT2D eigenvalue weighted by Crippen LogP contribution is 2.15. The molecule has 0 fully saturated rings. The maximum atomic E-state index is 12.0. The molecule has 8 nitrogen and oxygen atoms in total. The molecular weight excluding hydrogens is 332 g/mol. The molecule has 3 rings (SSSR count). The molecule has 3 aromatic rings. The molecule has 0 radical (unpaired) electrons. The number of nitrogens with one attached hydrogen (secondary N) is 3. The van der Waals surface area contributed by atoms with Crippen LogP contribution < -0.4 is 16.2 Å². The third kappa shape index (κ3) is 4.15. The standard InChI is InChI=1S/C18H20N6O2/c1-12-7-8-14(13(2)9-12)19-10-17(25)21-22-18(26)11-24-16-6-4-3-5-15(16)20-23-24/h3-9,19H,10-11H2,1-2H3,(H,21,25)(H,22,26). The van der Waals surface area contributed by atoms with Crippen LogP contribution in [0.15, 0.2) is 42.5 Å². The van der Waals surface area contributed by atoms with Crippen LogP contribution in [0.5, 0.6) is 0 Å². The summed E-state index contributed by atoms with van der Waals surface area (Å²) in [5.74, 6) is -0.734. The third-order valence-electron chi connectivity index (χ3n) is 3.88. The van der Waals surface area contributed by atoms with Crippen LogP contribution in [0.1, 0.15) is 11.1 Å². The first kappa shape index (κ1) is 17.4. The van der Waals surface area contributed by atoms with Crippen LogP contribution in [-0.4, -0.2) is 33.4 Å². The van der Waals surface area contributed by atoms with Gasteiger partial charge in [0, 0.05) is 5.69 Å². The Morgan fingerprint density at radius 1 is 1.04 bits per heavy atom. The van der Waals surface area contributed by atoms with Gasteiger partial charge in [0.15, 0.2) is 0 Å². The fourth-order valence-electron chi connectivity index (χ4n) is 2.58. The maximum Gasteiger partial charge on any atom is 0.260 e. The second-order valence-corrected chi connectivity index (χ2v) is 6.00. The second-order valence-electron chi connectivity index (χ2n) is 6.00. The maximum absolute atomic E-state index is 12.0. The second kappa shape index (κ2) is 7.64. The molecule has 1 aromatic heterocycles. The largest absolute Gasteiger partial charge is 0.376 e. The van der Waals surface area contributed by atoms with Crippen molar-refractivity contribution in [1.82, 2.24) is 25.8 Å². The molecule has 0 aliphatic carbocycles. The number of fused-ring (bicyclic) bond motifs is 1. The summed E-state index contributed by atoms with van der Waals surface area (Å²) in [6, 6.07) is 13.3. The van der Waals surface area contributed by atoms with Crippen molar-refractivity contribution in [3.63, 3.8) is 0 Å². The van der Waals surface area contributed by atoms with Gasteiger partial charge in [-0.05, 0) is 37.6 Å². The van der Waals surface area contributed by atoms with Crippen molar-refractivity contribution in [2.75, 3.05) is 11.9 Å². The number of anilines is 1. The summed E-state index contributed by atoms with van der Waals surface area (Å²) >= 11 is 0. The minimum absolute atomic E-state index is 0.0364. The van der Waals surface area contributed by atoms with Gasteiger partial charge >= 0.3 is 0 Å². The van der Waals surface area contributed by atoms with Crippen molar-refractivity contribution in [2.45, 2.75) is 20.4 Å². The lowest BCUT2D eigenvalue weighted by atomic mass is 10.1. The molecule has 0 spiro atoms. The zero-order valence-electron chi connectivity index (χ0n) is 14.6. The highest BCUT2D eigenvalue weighted by molar-refractivity contribution is 5.85. The number of hydrogen-bond donors (Lipinski definition) is 3. The number of aromatic nitrogens is 3. The number of carbonyl (C=O) groups excluding carboxylic acids is 2. The molecule has 0 saturated carbocycles. The number of hydrogen-bond acceptors (Lipinski definition) is 5. The first-order valence-corrected chi connectivity index (χ1v) is 8.20. The van der Waals surface area contributed by atoms with E-state index in [1.54, 1.807) is 0 Å². The van der Waals surface area contributed by atoms with Gasteiger partial charge in [-0.15, -0.1) is 5.10 Å². The van der Waals surface area contributed by atoms with Crippen molar-refractivity contribution < 1.29 is 9.59 Å². The van der Waals surface area contributed by atoms with E-state index in [4.69, 9.17) is 0 Å². The van der Waals surface area contributed by atoms with E-state index in [9.17, 15) is 9.59 Å². The van der Waals surface area contributed by atoms with Gasteiger partial charge in [-0.2, -0.15) is 0 Å². The van der Waals surface area contributed by atoms with E-state index in [2.05, 4.69) is 26.5 Å². The molecule has 0 aliphatic heterocycles. The third-order valence-corrected chi connectivity index (χ3v) is 3.88. The summed E-state index contributed by atoms with van der Waals surface area (Å²) in [6.07, 6.45) is 0. The lowest BCUT2D eigenvalue weighted by Crippen LogP contribution is -2.45. The van der Waals surface area contributed by atoms with Gasteiger partial charge in [0.1, 0.15) is 12.1 Å². The Labute approximate surface area is 150 Å². The van der Waals surface area contributed by atoms with Gasteiger partial charge in [-0.1, -0.05) is 35.0 Å². The molecule has 0 aliphatic rings. The average molecular weight is 352 g/mol. The fraction of sp³-hybridized carbons (Fsp3) is 0.222. The SMILES string of the molecule is Cc1ccc(NCC(=O)NNC(=O)Cn2nnc3ccccc32)c(C)c1. The van der Waals surface area contributed by atoms with Crippen molar-refractivity contribution in [3.05, 3.63) is 53.6 Å². The minimum Gasteiger partial charge on any atom is -0.376 e. The molecule has 134 valence electrons.